The lowest BCUT2D eigenvalue weighted by atomic mass is 10.0. The molecule has 0 aliphatic rings. The average molecular weight is 648 g/mol. The number of carbonyl (C=O) groups is 2. The number of halogens is 1. The number of hydrogen-bond acceptors (Lipinski definition) is 5. The van der Waals surface area contributed by atoms with E-state index in [1.807, 2.05) is 75.4 Å². The van der Waals surface area contributed by atoms with Gasteiger partial charge in [-0.15, -0.1) is 0 Å². The maximum Gasteiger partial charge on any atom is 0.264 e. The topological polar surface area (TPSA) is 96.0 Å². The van der Waals surface area contributed by atoms with Crippen molar-refractivity contribution in [1.29, 1.82) is 0 Å². The molecule has 0 radical (unpaired) electrons. The monoisotopic (exact) mass is 647 g/mol. The lowest BCUT2D eigenvalue weighted by molar-refractivity contribution is -0.140. The van der Waals surface area contributed by atoms with Gasteiger partial charge in [-0.2, -0.15) is 0 Å². The molecule has 0 bridgehead atoms. The molecule has 1 atom stereocenters. The Morgan fingerprint density at radius 3 is 2.09 bits per heavy atom. The molecule has 0 saturated heterocycles. The predicted molar refractivity (Wildman–Crippen MR) is 178 cm³/mol. The van der Waals surface area contributed by atoms with E-state index >= 15 is 0 Å². The number of benzene rings is 4. The predicted octanol–water partition coefficient (Wildman–Crippen LogP) is 5.94. The molecule has 2 amide bonds. The summed E-state index contributed by atoms with van der Waals surface area (Å²) in [7, 11) is -2.88. The minimum absolute atomic E-state index is 0.00225. The molecule has 0 heterocycles. The first-order valence-electron chi connectivity index (χ1n) is 14.6. The van der Waals surface area contributed by atoms with Gasteiger partial charge in [0.05, 0.1) is 17.7 Å². The zero-order chi connectivity index (χ0) is 32.6. The Hall–Kier alpha value is -4.34. The highest BCUT2D eigenvalue weighted by Gasteiger charge is 2.35. The molecule has 0 aliphatic heterocycles. The van der Waals surface area contributed by atoms with Crippen molar-refractivity contribution in [2.24, 2.45) is 0 Å². The Balaban J connectivity index is 1.84. The Kier molecular flexibility index (Phi) is 11.3. The fourth-order valence-electron chi connectivity index (χ4n) is 4.95. The van der Waals surface area contributed by atoms with Crippen LogP contribution in [0.15, 0.2) is 102 Å². The minimum Gasteiger partial charge on any atom is -0.495 e. The summed E-state index contributed by atoms with van der Waals surface area (Å²) < 4.78 is 35.0. The average Bonchev–Trinajstić information content (AvgIpc) is 3.03. The number of aryl methyl sites for hydroxylation is 2. The number of nitrogens with one attached hydrogen (secondary N) is 1. The molecular weight excluding hydrogens is 610 g/mol. The molecule has 236 valence electrons. The van der Waals surface area contributed by atoms with Gasteiger partial charge in [-0.05, 0) is 62.2 Å². The fourth-order valence-corrected chi connectivity index (χ4v) is 6.53. The molecule has 10 heteroatoms. The van der Waals surface area contributed by atoms with E-state index in [2.05, 4.69) is 5.32 Å². The zero-order valence-corrected chi connectivity index (χ0v) is 27.4. The van der Waals surface area contributed by atoms with Crippen molar-refractivity contribution in [3.05, 3.63) is 124 Å². The van der Waals surface area contributed by atoms with Crippen molar-refractivity contribution in [2.45, 2.75) is 44.7 Å². The van der Waals surface area contributed by atoms with Crippen LogP contribution in [-0.2, 0) is 32.6 Å². The van der Waals surface area contributed by atoms with E-state index < -0.39 is 28.5 Å². The maximum absolute atomic E-state index is 14.5. The van der Waals surface area contributed by atoms with Crippen LogP contribution in [0.3, 0.4) is 0 Å². The molecular formula is C35H38ClN3O5S. The Morgan fingerprint density at radius 2 is 1.49 bits per heavy atom. The summed E-state index contributed by atoms with van der Waals surface area (Å²) in [5.74, 6) is -0.687. The molecule has 0 unspecified atom stereocenters. The van der Waals surface area contributed by atoms with Gasteiger partial charge in [0.15, 0.2) is 0 Å². The summed E-state index contributed by atoms with van der Waals surface area (Å²) in [4.78, 5) is 29.6. The fraction of sp³-hybridized carbons (Fsp3) is 0.257. The summed E-state index contributed by atoms with van der Waals surface area (Å²) >= 11 is 6.35. The number of likely N-dealkylation sites (N-methyl/N-ethyl adjacent to an activating group) is 1. The second-order valence-electron chi connectivity index (χ2n) is 10.7. The number of hydrogen-bond donors (Lipinski definition) is 1. The van der Waals surface area contributed by atoms with Gasteiger partial charge in [0.1, 0.15) is 18.3 Å². The molecule has 0 aromatic heterocycles. The quantitative estimate of drug-likeness (QED) is 0.194. The molecule has 4 rings (SSSR count). The van der Waals surface area contributed by atoms with E-state index in [1.54, 1.807) is 24.3 Å². The summed E-state index contributed by atoms with van der Waals surface area (Å²) in [6, 6.07) is 27.1. The van der Waals surface area contributed by atoms with Crippen molar-refractivity contribution in [3.8, 4) is 5.75 Å². The van der Waals surface area contributed by atoms with Crippen molar-refractivity contribution in [1.82, 2.24) is 10.2 Å². The van der Waals surface area contributed by atoms with Crippen LogP contribution in [0.25, 0.3) is 0 Å². The lowest BCUT2D eigenvalue weighted by Crippen LogP contribution is -2.53. The van der Waals surface area contributed by atoms with Crippen molar-refractivity contribution >= 4 is 39.1 Å². The molecule has 4 aromatic rings. The molecule has 0 saturated carbocycles. The van der Waals surface area contributed by atoms with E-state index in [4.69, 9.17) is 16.3 Å². The molecule has 45 heavy (non-hydrogen) atoms. The standard InChI is InChI=1S/C35H38ClN3O5S/c1-5-37-35(41)32(21-27-9-7-6-8-10-27)38(23-28-15-11-25(2)12-16-28)34(40)24-39(31-22-29(36)17-20-33(31)44-4)45(42,43)30-18-13-26(3)14-19-30/h6-20,22,32H,5,21,23-24H2,1-4H3,(H,37,41)/t32-/m1/s1. The van der Waals surface area contributed by atoms with Crippen LogP contribution in [0, 0.1) is 13.8 Å². The van der Waals surface area contributed by atoms with Crippen LogP contribution in [0.2, 0.25) is 5.02 Å². The zero-order valence-electron chi connectivity index (χ0n) is 25.9. The van der Waals surface area contributed by atoms with Crippen molar-refractivity contribution in [2.75, 3.05) is 24.5 Å². The lowest BCUT2D eigenvalue weighted by Gasteiger charge is -2.34. The highest BCUT2D eigenvalue weighted by atomic mass is 35.5. The number of amides is 2. The SMILES string of the molecule is CCNC(=O)[C@@H](Cc1ccccc1)N(Cc1ccc(C)cc1)C(=O)CN(c1cc(Cl)ccc1OC)S(=O)(=O)c1ccc(C)cc1. The van der Waals surface area contributed by atoms with Gasteiger partial charge in [0.25, 0.3) is 10.0 Å². The molecule has 1 N–H and O–H groups in total. The third-order valence-electron chi connectivity index (χ3n) is 7.39. The van der Waals surface area contributed by atoms with Crippen molar-refractivity contribution < 1.29 is 22.7 Å². The van der Waals surface area contributed by atoms with Crippen molar-refractivity contribution in [3.63, 3.8) is 0 Å². The van der Waals surface area contributed by atoms with E-state index in [0.29, 0.717) is 6.54 Å². The number of nitrogens with zero attached hydrogens (tertiary/aromatic N) is 2. The van der Waals surface area contributed by atoms with Crippen LogP contribution in [-0.4, -0.2) is 51.4 Å². The van der Waals surface area contributed by atoms with Crippen LogP contribution < -0.4 is 14.4 Å². The highest BCUT2D eigenvalue weighted by molar-refractivity contribution is 7.92. The van der Waals surface area contributed by atoms with Gasteiger partial charge in [-0.3, -0.25) is 13.9 Å². The van der Waals surface area contributed by atoms with Crippen LogP contribution in [0.1, 0.15) is 29.2 Å². The van der Waals surface area contributed by atoms with Crippen LogP contribution in [0.4, 0.5) is 5.69 Å². The highest BCUT2D eigenvalue weighted by Crippen LogP contribution is 2.35. The number of methoxy groups -OCH3 is 1. The number of rotatable bonds is 13. The van der Waals surface area contributed by atoms with Gasteiger partial charge in [-0.1, -0.05) is 89.5 Å². The molecule has 4 aromatic carbocycles. The first kappa shape index (κ1) is 33.6. The smallest absolute Gasteiger partial charge is 0.264 e. The van der Waals surface area contributed by atoms with E-state index in [0.717, 1.165) is 26.6 Å². The molecule has 0 fully saturated rings. The molecule has 8 nitrogen and oxygen atoms in total. The van der Waals surface area contributed by atoms with Crippen LogP contribution in [0.5, 0.6) is 5.75 Å². The van der Waals surface area contributed by atoms with Gasteiger partial charge >= 0.3 is 0 Å². The van der Waals surface area contributed by atoms with Gasteiger partial charge in [0, 0.05) is 24.5 Å². The second kappa shape index (κ2) is 15.1. The summed E-state index contributed by atoms with van der Waals surface area (Å²) in [6.45, 7) is 5.47. The third-order valence-corrected chi connectivity index (χ3v) is 9.40. The van der Waals surface area contributed by atoms with Gasteiger partial charge in [0.2, 0.25) is 11.8 Å². The Morgan fingerprint density at radius 1 is 0.867 bits per heavy atom. The normalized spacial score (nSPS) is 11.8. The largest absolute Gasteiger partial charge is 0.495 e. The summed E-state index contributed by atoms with van der Waals surface area (Å²) in [6.07, 6.45) is 0.232. The van der Waals surface area contributed by atoms with E-state index in [-0.39, 0.29) is 40.2 Å². The number of carbonyl (C=O) groups excluding carboxylic acids is 2. The third kappa shape index (κ3) is 8.44. The molecule has 0 spiro atoms. The van der Waals surface area contributed by atoms with Gasteiger partial charge < -0.3 is 15.0 Å². The second-order valence-corrected chi connectivity index (χ2v) is 13.0. The first-order chi connectivity index (χ1) is 21.5. The maximum atomic E-state index is 14.5. The number of sulfonamides is 1. The van der Waals surface area contributed by atoms with E-state index in [9.17, 15) is 18.0 Å². The Bertz CT molecular complexity index is 1710. The summed E-state index contributed by atoms with van der Waals surface area (Å²) in [5.41, 5.74) is 3.68. The minimum atomic E-state index is -4.30. The van der Waals surface area contributed by atoms with Gasteiger partial charge in [-0.25, -0.2) is 8.42 Å². The first-order valence-corrected chi connectivity index (χ1v) is 16.4. The molecule has 0 aliphatic carbocycles. The Labute approximate surface area is 270 Å². The van der Waals surface area contributed by atoms with Crippen LogP contribution >= 0.6 is 11.6 Å². The summed E-state index contributed by atoms with van der Waals surface area (Å²) in [5, 5.41) is 3.13. The number of ether oxygens (including phenoxy) is 1. The van der Waals surface area contributed by atoms with E-state index in [1.165, 1.54) is 30.2 Å². The number of anilines is 1.